The Morgan fingerprint density at radius 1 is 1.38 bits per heavy atom. The summed E-state index contributed by atoms with van der Waals surface area (Å²) in [6, 6.07) is 9.19. The molecule has 1 rings (SSSR count). The Bertz CT molecular complexity index is 338. The van der Waals surface area contributed by atoms with Crippen molar-refractivity contribution in [3.8, 4) is 0 Å². The van der Waals surface area contributed by atoms with Crippen molar-refractivity contribution >= 4 is 5.97 Å². The number of ether oxygens (including phenoxy) is 1. The Morgan fingerprint density at radius 3 is 2.38 bits per heavy atom. The third-order valence-electron chi connectivity index (χ3n) is 2.36. The Labute approximate surface area is 96.1 Å². The van der Waals surface area contributed by atoms with Crippen LogP contribution < -0.4 is 0 Å². The van der Waals surface area contributed by atoms with Crippen LogP contribution in [0.25, 0.3) is 0 Å². The molecule has 0 bridgehead atoms. The summed E-state index contributed by atoms with van der Waals surface area (Å²) < 4.78 is 4.99. The van der Waals surface area contributed by atoms with Gasteiger partial charge in [-0.1, -0.05) is 30.3 Å². The lowest BCUT2D eigenvalue weighted by Gasteiger charge is -2.27. The maximum Gasteiger partial charge on any atom is 0.316 e. The van der Waals surface area contributed by atoms with Crippen molar-refractivity contribution in [1.29, 1.82) is 0 Å². The van der Waals surface area contributed by atoms with E-state index in [0.717, 1.165) is 5.56 Å². The number of carbonyl (C=O) groups excluding carboxylic acids is 1. The Morgan fingerprint density at radius 2 is 1.94 bits per heavy atom. The minimum absolute atomic E-state index is 0.318. The van der Waals surface area contributed by atoms with Crippen molar-refractivity contribution in [2.24, 2.45) is 0 Å². The third kappa shape index (κ3) is 3.07. The fourth-order valence-corrected chi connectivity index (χ4v) is 1.70. The van der Waals surface area contributed by atoms with Crippen LogP contribution in [0, 0.1) is 0 Å². The molecule has 0 amide bonds. The second-order valence-corrected chi connectivity index (χ2v) is 4.25. The van der Waals surface area contributed by atoms with Gasteiger partial charge in [-0.15, -0.1) is 0 Å². The molecular formula is C13H18O3. The standard InChI is InChI=1S/C13H18O3/c1-4-16-12(14)11(13(2,3)15)10-8-6-5-7-9-10/h5-9,11,15H,4H2,1-3H3. The smallest absolute Gasteiger partial charge is 0.316 e. The largest absolute Gasteiger partial charge is 0.465 e. The van der Waals surface area contributed by atoms with E-state index in [-0.39, 0.29) is 5.97 Å². The van der Waals surface area contributed by atoms with E-state index in [9.17, 15) is 9.90 Å². The quantitative estimate of drug-likeness (QED) is 0.794. The molecule has 0 aromatic heterocycles. The topological polar surface area (TPSA) is 46.5 Å². The molecule has 88 valence electrons. The molecule has 0 heterocycles. The molecule has 16 heavy (non-hydrogen) atoms. The molecule has 0 saturated carbocycles. The Balaban J connectivity index is 3.02. The molecule has 1 aromatic carbocycles. The second-order valence-electron chi connectivity index (χ2n) is 4.25. The molecule has 1 atom stereocenters. The van der Waals surface area contributed by atoms with Crippen LogP contribution in [0.4, 0.5) is 0 Å². The van der Waals surface area contributed by atoms with Gasteiger partial charge in [-0.05, 0) is 26.3 Å². The summed E-state index contributed by atoms with van der Waals surface area (Å²) >= 11 is 0. The highest BCUT2D eigenvalue weighted by atomic mass is 16.5. The molecule has 3 heteroatoms. The van der Waals surface area contributed by atoms with E-state index >= 15 is 0 Å². The molecule has 0 aliphatic carbocycles. The lowest BCUT2D eigenvalue weighted by molar-refractivity contribution is -0.150. The maximum absolute atomic E-state index is 11.8. The number of esters is 1. The lowest BCUT2D eigenvalue weighted by Crippen LogP contribution is -2.35. The zero-order valence-corrected chi connectivity index (χ0v) is 9.93. The zero-order chi connectivity index (χ0) is 12.2. The molecule has 1 N–H and O–H groups in total. The molecule has 3 nitrogen and oxygen atoms in total. The predicted molar refractivity (Wildman–Crippen MR) is 62.1 cm³/mol. The molecule has 1 aromatic rings. The second kappa shape index (κ2) is 5.12. The van der Waals surface area contributed by atoms with Gasteiger partial charge in [0.25, 0.3) is 0 Å². The van der Waals surface area contributed by atoms with Crippen LogP contribution >= 0.6 is 0 Å². The van der Waals surface area contributed by atoms with E-state index in [0.29, 0.717) is 6.61 Å². The molecule has 0 radical (unpaired) electrons. The summed E-state index contributed by atoms with van der Waals surface area (Å²) in [6.45, 7) is 5.30. The molecule has 0 aliphatic heterocycles. The van der Waals surface area contributed by atoms with Crippen molar-refractivity contribution in [3.05, 3.63) is 35.9 Å². The maximum atomic E-state index is 11.8. The van der Waals surface area contributed by atoms with Gasteiger partial charge >= 0.3 is 5.97 Å². The van der Waals surface area contributed by atoms with Gasteiger partial charge in [0.1, 0.15) is 5.92 Å². The van der Waals surface area contributed by atoms with Gasteiger partial charge in [0.05, 0.1) is 12.2 Å². The van der Waals surface area contributed by atoms with E-state index in [1.165, 1.54) is 0 Å². The summed E-state index contributed by atoms with van der Waals surface area (Å²) in [5.74, 6) is -1.03. The zero-order valence-electron chi connectivity index (χ0n) is 9.93. The normalized spacial score (nSPS) is 13.2. The molecule has 0 aliphatic rings. The number of benzene rings is 1. The van der Waals surface area contributed by atoms with Crippen molar-refractivity contribution in [1.82, 2.24) is 0 Å². The highest BCUT2D eigenvalue weighted by molar-refractivity contribution is 5.79. The first-order chi connectivity index (χ1) is 7.46. The number of rotatable bonds is 4. The summed E-state index contributed by atoms with van der Waals surface area (Å²) in [7, 11) is 0. The number of hydrogen-bond acceptors (Lipinski definition) is 3. The van der Waals surface area contributed by atoms with E-state index in [4.69, 9.17) is 4.74 Å². The van der Waals surface area contributed by atoms with Gasteiger partial charge in [-0.25, -0.2) is 0 Å². The monoisotopic (exact) mass is 222 g/mol. The van der Waals surface area contributed by atoms with Gasteiger partial charge < -0.3 is 9.84 Å². The van der Waals surface area contributed by atoms with Crippen LogP contribution in [-0.4, -0.2) is 23.3 Å². The highest BCUT2D eigenvalue weighted by Gasteiger charge is 2.35. The fourth-order valence-electron chi connectivity index (χ4n) is 1.70. The predicted octanol–water partition coefficient (Wildman–Crippen LogP) is 2.10. The van der Waals surface area contributed by atoms with Crippen molar-refractivity contribution in [2.45, 2.75) is 32.3 Å². The van der Waals surface area contributed by atoms with E-state index in [1.54, 1.807) is 20.8 Å². The van der Waals surface area contributed by atoms with Crippen LogP contribution in [-0.2, 0) is 9.53 Å². The minimum atomic E-state index is -1.13. The SMILES string of the molecule is CCOC(=O)C(c1ccccc1)C(C)(C)O. The first-order valence-electron chi connectivity index (χ1n) is 5.40. The van der Waals surface area contributed by atoms with Crippen molar-refractivity contribution in [2.75, 3.05) is 6.61 Å². The Hall–Kier alpha value is -1.35. The van der Waals surface area contributed by atoms with Gasteiger partial charge in [0.2, 0.25) is 0 Å². The average molecular weight is 222 g/mol. The lowest BCUT2D eigenvalue weighted by atomic mass is 9.85. The molecule has 0 spiro atoms. The summed E-state index contributed by atoms with van der Waals surface area (Å²) in [6.07, 6.45) is 0. The van der Waals surface area contributed by atoms with Crippen LogP contribution in [0.5, 0.6) is 0 Å². The van der Waals surface area contributed by atoms with Crippen LogP contribution in [0.2, 0.25) is 0 Å². The molecular weight excluding hydrogens is 204 g/mol. The van der Waals surface area contributed by atoms with Gasteiger partial charge in [-0.3, -0.25) is 4.79 Å². The Kier molecular flexibility index (Phi) is 4.07. The summed E-state index contributed by atoms with van der Waals surface area (Å²) in [4.78, 5) is 11.8. The van der Waals surface area contributed by atoms with E-state index in [2.05, 4.69) is 0 Å². The number of hydrogen-bond donors (Lipinski definition) is 1. The van der Waals surface area contributed by atoms with Crippen LogP contribution in [0.15, 0.2) is 30.3 Å². The molecule has 1 unspecified atom stereocenters. The fraction of sp³-hybridized carbons (Fsp3) is 0.462. The first kappa shape index (κ1) is 12.7. The first-order valence-corrected chi connectivity index (χ1v) is 5.40. The minimum Gasteiger partial charge on any atom is -0.465 e. The van der Waals surface area contributed by atoms with Crippen LogP contribution in [0.3, 0.4) is 0 Å². The van der Waals surface area contributed by atoms with E-state index < -0.39 is 11.5 Å². The van der Waals surface area contributed by atoms with Gasteiger partial charge in [0.15, 0.2) is 0 Å². The van der Waals surface area contributed by atoms with Gasteiger partial charge in [-0.2, -0.15) is 0 Å². The average Bonchev–Trinajstić information content (AvgIpc) is 2.17. The van der Waals surface area contributed by atoms with Gasteiger partial charge in [0, 0.05) is 0 Å². The number of carbonyl (C=O) groups is 1. The highest BCUT2D eigenvalue weighted by Crippen LogP contribution is 2.29. The third-order valence-corrected chi connectivity index (χ3v) is 2.36. The van der Waals surface area contributed by atoms with Crippen molar-refractivity contribution in [3.63, 3.8) is 0 Å². The summed E-state index contributed by atoms with van der Waals surface area (Å²) in [5, 5.41) is 10.0. The molecule has 0 fully saturated rings. The van der Waals surface area contributed by atoms with Crippen molar-refractivity contribution < 1.29 is 14.6 Å². The number of aliphatic hydroxyl groups is 1. The van der Waals surface area contributed by atoms with Crippen LogP contribution in [0.1, 0.15) is 32.3 Å². The molecule has 0 saturated heterocycles. The summed E-state index contributed by atoms with van der Waals surface area (Å²) in [5.41, 5.74) is -0.360. The van der Waals surface area contributed by atoms with E-state index in [1.807, 2.05) is 30.3 Å².